The van der Waals surface area contributed by atoms with Gasteiger partial charge in [0, 0.05) is 26.2 Å². The Hall–Kier alpha value is -0.400. The number of alkyl halides is 1. The highest BCUT2D eigenvalue weighted by Gasteiger charge is 2.23. The van der Waals surface area contributed by atoms with Crippen molar-refractivity contribution in [2.75, 3.05) is 45.4 Å². The fourth-order valence-electron chi connectivity index (χ4n) is 3.06. The first-order chi connectivity index (χ1) is 13.7. The van der Waals surface area contributed by atoms with E-state index in [1.54, 1.807) is 4.90 Å². The second-order valence-corrected chi connectivity index (χ2v) is 7.49. The van der Waals surface area contributed by atoms with Gasteiger partial charge in [-0.05, 0) is 12.8 Å². The van der Waals surface area contributed by atoms with E-state index in [1.165, 1.54) is 38.5 Å². The normalized spacial score (nSPS) is 14.9. The van der Waals surface area contributed by atoms with E-state index in [9.17, 15) is 4.79 Å². The Labute approximate surface area is 176 Å². The molecule has 1 fully saturated rings. The van der Waals surface area contributed by atoms with Crippen LogP contribution in [-0.2, 0) is 23.7 Å². The van der Waals surface area contributed by atoms with Gasteiger partial charge in [0.25, 0.3) is 0 Å². The third kappa shape index (κ3) is 12.2. The molecule has 0 radical (unpaired) electrons. The van der Waals surface area contributed by atoms with E-state index < -0.39 is 0 Å². The van der Waals surface area contributed by atoms with Crippen LogP contribution in [0.15, 0.2) is 0 Å². The quantitative estimate of drug-likeness (QED) is 0.187. The average molecular weight is 422 g/mol. The van der Waals surface area contributed by atoms with Gasteiger partial charge >= 0.3 is 0 Å². The summed E-state index contributed by atoms with van der Waals surface area (Å²) < 4.78 is 22.9. The van der Waals surface area contributed by atoms with Crippen LogP contribution in [0.2, 0.25) is 0 Å². The summed E-state index contributed by atoms with van der Waals surface area (Å²) in [5, 5.41) is 0. The molecule has 0 aromatic rings. The van der Waals surface area contributed by atoms with Crippen LogP contribution in [0.3, 0.4) is 0 Å². The lowest BCUT2D eigenvalue weighted by Crippen LogP contribution is -2.40. The minimum absolute atomic E-state index is 0.0485. The molecule has 0 aromatic carbocycles. The van der Waals surface area contributed by atoms with Gasteiger partial charge in [-0.1, -0.05) is 52.4 Å². The molecule has 6 nitrogen and oxygen atoms in total. The van der Waals surface area contributed by atoms with Gasteiger partial charge in [0.15, 0.2) is 12.6 Å². The zero-order valence-corrected chi connectivity index (χ0v) is 18.6. The molecule has 0 unspecified atom stereocenters. The highest BCUT2D eigenvalue weighted by Crippen LogP contribution is 2.12. The van der Waals surface area contributed by atoms with E-state index in [1.807, 2.05) is 0 Å². The maximum absolute atomic E-state index is 12.2. The van der Waals surface area contributed by atoms with Crippen molar-refractivity contribution in [2.45, 2.75) is 84.2 Å². The third-order valence-corrected chi connectivity index (χ3v) is 4.99. The maximum atomic E-state index is 12.2. The van der Waals surface area contributed by atoms with Crippen molar-refractivity contribution in [3.63, 3.8) is 0 Å². The molecule has 7 heteroatoms. The van der Waals surface area contributed by atoms with Crippen molar-refractivity contribution in [1.29, 1.82) is 0 Å². The molecule has 0 saturated carbocycles. The first-order valence-electron chi connectivity index (χ1n) is 11.0. The van der Waals surface area contributed by atoms with Gasteiger partial charge in [0.1, 0.15) is 5.88 Å². The summed E-state index contributed by atoms with van der Waals surface area (Å²) in [4.78, 5) is 13.9. The number of unbranched alkanes of at least 4 members (excludes halogenated alkanes) is 6. The van der Waals surface area contributed by atoms with Crippen molar-refractivity contribution in [2.24, 2.45) is 0 Å². The van der Waals surface area contributed by atoms with E-state index in [4.69, 9.17) is 30.5 Å². The van der Waals surface area contributed by atoms with Crippen molar-refractivity contribution < 1.29 is 23.7 Å². The Morgan fingerprint density at radius 3 is 2.07 bits per heavy atom. The molecule has 0 atom stereocenters. The number of hydrogen-bond acceptors (Lipinski definition) is 5. The lowest BCUT2D eigenvalue weighted by Gasteiger charge is -2.27. The number of ether oxygens (including phenoxy) is 4. The third-order valence-electron chi connectivity index (χ3n) is 4.77. The van der Waals surface area contributed by atoms with Crippen LogP contribution in [0.25, 0.3) is 0 Å². The smallest absolute Gasteiger partial charge is 0.237 e. The monoisotopic (exact) mass is 421 g/mol. The molecule has 1 aliphatic rings. The number of amides is 1. The van der Waals surface area contributed by atoms with Crippen LogP contribution < -0.4 is 0 Å². The van der Waals surface area contributed by atoms with Crippen LogP contribution in [-0.4, -0.2) is 68.8 Å². The Kier molecular flexibility index (Phi) is 16.0. The van der Waals surface area contributed by atoms with Gasteiger partial charge < -0.3 is 23.8 Å². The summed E-state index contributed by atoms with van der Waals surface area (Å²) >= 11 is 5.78. The molecule has 0 N–H and O–H groups in total. The zero-order valence-electron chi connectivity index (χ0n) is 17.8. The van der Waals surface area contributed by atoms with Crippen LogP contribution >= 0.6 is 11.6 Å². The van der Waals surface area contributed by atoms with E-state index in [0.717, 1.165) is 12.8 Å². The zero-order chi connectivity index (χ0) is 20.5. The minimum Gasteiger partial charge on any atom is -0.353 e. The number of halogens is 1. The van der Waals surface area contributed by atoms with Gasteiger partial charge in [-0.2, -0.15) is 0 Å². The van der Waals surface area contributed by atoms with Crippen molar-refractivity contribution in [3.8, 4) is 0 Å². The van der Waals surface area contributed by atoms with E-state index in [0.29, 0.717) is 45.9 Å². The summed E-state index contributed by atoms with van der Waals surface area (Å²) in [6.07, 6.45) is 9.26. The van der Waals surface area contributed by atoms with E-state index in [-0.39, 0.29) is 24.4 Å². The number of carbonyl (C=O) groups is 1. The highest BCUT2D eigenvalue weighted by molar-refractivity contribution is 6.27. The van der Waals surface area contributed by atoms with Crippen molar-refractivity contribution in [1.82, 2.24) is 4.90 Å². The number of nitrogens with zero attached hydrogens (tertiary/aromatic N) is 1. The number of hydrogen-bond donors (Lipinski definition) is 0. The van der Waals surface area contributed by atoms with Gasteiger partial charge in [0.2, 0.25) is 5.91 Å². The molecule has 166 valence electrons. The first-order valence-corrected chi connectivity index (χ1v) is 11.5. The Balaban J connectivity index is 2.42. The van der Waals surface area contributed by atoms with Crippen LogP contribution in [0.4, 0.5) is 0 Å². The average Bonchev–Trinajstić information content (AvgIpc) is 3.22. The molecule has 1 aliphatic heterocycles. The van der Waals surface area contributed by atoms with Crippen molar-refractivity contribution in [3.05, 3.63) is 0 Å². The number of rotatable bonds is 18. The molecular weight excluding hydrogens is 382 g/mol. The Morgan fingerprint density at radius 1 is 1.00 bits per heavy atom. The lowest BCUT2D eigenvalue weighted by atomic mass is 10.2. The minimum atomic E-state index is -0.365. The predicted molar refractivity (Wildman–Crippen MR) is 112 cm³/mol. The predicted octanol–water partition coefficient (Wildman–Crippen LogP) is 4.34. The first kappa shape index (κ1) is 25.6. The van der Waals surface area contributed by atoms with Gasteiger partial charge in [-0.25, -0.2) is 0 Å². The summed E-state index contributed by atoms with van der Waals surface area (Å²) in [7, 11) is 0. The van der Waals surface area contributed by atoms with Gasteiger partial charge in [0.05, 0.1) is 19.8 Å². The lowest BCUT2D eigenvalue weighted by molar-refractivity contribution is -0.155. The van der Waals surface area contributed by atoms with E-state index >= 15 is 0 Å². The molecule has 0 aliphatic carbocycles. The molecule has 0 bridgehead atoms. The topological polar surface area (TPSA) is 57.2 Å². The van der Waals surface area contributed by atoms with Gasteiger partial charge in [-0.3, -0.25) is 4.79 Å². The van der Waals surface area contributed by atoms with Gasteiger partial charge in [-0.15, -0.1) is 11.6 Å². The van der Waals surface area contributed by atoms with Crippen LogP contribution in [0, 0.1) is 0 Å². The Morgan fingerprint density at radius 2 is 1.57 bits per heavy atom. The molecule has 1 amide bonds. The Bertz CT molecular complexity index is 366. The summed E-state index contributed by atoms with van der Waals surface area (Å²) in [5.41, 5.74) is 0. The standard InChI is InChI=1S/C21H40ClNO5/c1-3-5-7-9-13-25-20(26-14-10-8-6-4-2)11-12-23(19(24)17-22)18-21-27-15-16-28-21/h20-21H,3-18H2,1-2H3. The van der Waals surface area contributed by atoms with E-state index in [2.05, 4.69) is 13.8 Å². The molecule has 1 heterocycles. The SMILES string of the molecule is CCCCCCOC(CCN(CC1OCCO1)C(=O)CCl)OCCCCCC. The second-order valence-electron chi connectivity index (χ2n) is 7.23. The fourth-order valence-corrected chi connectivity index (χ4v) is 3.23. The van der Waals surface area contributed by atoms with Crippen LogP contribution in [0.5, 0.6) is 0 Å². The fraction of sp³-hybridized carbons (Fsp3) is 0.952. The molecule has 0 spiro atoms. The van der Waals surface area contributed by atoms with Crippen LogP contribution in [0.1, 0.15) is 71.6 Å². The summed E-state index contributed by atoms with van der Waals surface area (Å²) in [6.45, 7) is 7.83. The molecule has 1 rings (SSSR count). The summed E-state index contributed by atoms with van der Waals surface area (Å²) in [5.74, 6) is -0.168. The highest BCUT2D eigenvalue weighted by atomic mass is 35.5. The molecule has 1 saturated heterocycles. The van der Waals surface area contributed by atoms with Crippen molar-refractivity contribution >= 4 is 17.5 Å². The second kappa shape index (κ2) is 17.5. The maximum Gasteiger partial charge on any atom is 0.237 e. The number of carbonyl (C=O) groups excluding carboxylic acids is 1. The molecule has 28 heavy (non-hydrogen) atoms. The molecular formula is C21H40ClNO5. The largest absolute Gasteiger partial charge is 0.353 e. The summed E-state index contributed by atoms with van der Waals surface area (Å²) in [6, 6.07) is 0. The molecule has 0 aromatic heterocycles.